The fraction of sp³-hybridized carbons (Fsp3) is 0.389. The van der Waals surface area contributed by atoms with E-state index in [-0.39, 0.29) is 23.8 Å². The maximum absolute atomic E-state index is 13.1. The molecule has 1 atom stereocenters. The molecule has 0 bridgehead atoms. The lowest BCUT2D eigenvalue weighted by molar-refractivity contribution is 0.147. The summed E-state index contributed by atoms with van der Waals surface area (Å²) in [6.45, 7) is 0.560. The summed E-state index contributed by atoms with van der Waals surface area (Å²) in [6.07, 6.45) is 3.63. The van der Waals surface area contributed by atoms with Crippen molar-refractivity contribution in [3.05, 3.63) is 59.8 Å². The molecule has 2 aromatic rings. The van der Waals surface area contributed by atoms with Crippen molar-refractivity contribution in [1.82, 2.24) is 10.6 Å². The first kappa shape index (κ1) is 16.5. The average Bonchev–Trinajstić information content (AvgIpc) is 3.07. The summed E-state index contributed by atoms with van der Waals surface area (Å²) in [5.41, 5.74) is 0.927. The number of aliphatic hydroxyl groups excluding tert-OH is 1. The Balaban J connectivity index is 1.50. The van der Waals surface area contributed by atoms with Crippen LogP contribution in [-0.4, -0.2) is 24.2 Å². The fourth-order valence-corrected chi connectivity index (χ4v) is 3.06. The summed E-state index contributed by atoms with van der Waals surface area (Å²) in [5, 5.41) is 15.4. The zero-order valence-corrected chi connectivity index (χ0v) is 13.3. The summed E-state index contributed by atoms with van der Waals surface area (Å²) in [7, 11) is 0. The maximum Gasteiger partial charge on any atom is 0.314 e. The Morgan fingerprint density at radius 3 is 2.58 bits per heavy atom. The standard InChI is InChI=1S/C18H21FN2O3/c19-14-6-4-13(5-7-14)18(8-2-9-18)12-21-17(23)20-11-15(22)16-3-1-10-24-16/h1,3-7,10,15,22H,2,8-9,11-12H2,(H2,20,21,23). The van der Waals surface area contributed by atoms with Gasteiger partial charge in [0.2, 0.25) is 0 Å². The van der Waals surface area contributed by atoms with E-state index in [0.29, 0.717) is 12.3 Å². The van der Waals surface area contributed by atoms with Crippen molar-refractivity contribution in [2.24, 2.45) is 0 Å². The molecule has 1 aliphatic rings. The van der Waals surface area contributed by atoms with Crippen LogP contribution in [0.5, 0.6) is 0 Å². The quantitative estimate of drug-likeness (QED) is 0.761. The molecule has 1 aromatic heterocycles. The number of rotatable bonds is 6. The number of halogens is 1. The van der Waals surface area contributed by atoms with E-state index < -0.39 is 6.10 Å². The molecule has 1 saturated carbocycles. The molecule has 5 nitrogen and oxygen atoms in total. The monoisotopic (exact) mass is 332 g/mol. The lowest BCUT2D eigenvalue weighted by atomic mass is 9.64. The number of urea groups is 1. The van der Waals surface area contributed by atoms with Gasteiger partial charge in [0, 0.05) is 12.0 Å². The van der Waals surface area contributed by atoms with Gasteiger partial charge in [0.15, 0.2) is 0 Å². The normalized spacial score (nSPS) is 16.9. The van der Waals surface area contributed by atoms with Crippen molar-refractivity contribution in [3.8, 4) is 0 Å². The number of benzene rings is 1. The van der Waals surface area contributed by atoms with Crippen LogP contribution in [-0.2, 0) is 5.41 Å². The van der Waals surface area contributed by atoms with E-state index in [0.717, 1.165) is 24.8 Å². The van der Waals surface area contributed by atoms with Crippen LogP contribution in [0.1, 0.15) is 36.7 Å². The number of amides is 2. The number of carbonyl (C=O) groups is 1. The summed E-state index contributed by atoms with van der Waals surface area (Å²) in [6, 6.07) is 9.48. The minimum absolute atomic E-state index is 0.0723. The Morgan fingerprint density at radius 2 is 2.00 bits per heavy atom. The molecule has 0 saturated heterocycles. The highest BCUT2D eigenvalue weighted by molar-refractivity contribution is 5.74. The second-order valence-electron chi connectivity index (χ2n) is 6.24. The largest absolute Gasteiger partial charge is 0.467 e. The average molecular weight is 332 g/mol. The van der Waals surface area contributed by atoms with E-state index in [1.54, 1.807) is 24.3 Å². The van der Waals surface area contributed by atoms with Crippen LogP contribution >= 0.6 is 0 Å². The van der Waals surface area contributed by atoms with Crippen LogP contribution in [0.3, 0.4) is 0 Å². The fourth-order valence-electron chi connectivity index (χ4n) is 3.06. The van der Waals surface area contributed by atoms with Crippen LogP contribution in [0.2, 0.25) is 0 Å². The molecule has 1 aliphatic carbocycles. The first-order valence-corrected chi connectivity index (χ1v) is 8.08. The summed E-state index contributed by atoms with van der Waals surface area (Å²) in [5.74, 6) is 0.155. The number of hydrogen-bond donors (Lipinski definition) is 3. The summed E-state index contributed by atoms with van der Waals surface area (Å²) < 4.78 is 18.2. The zero-order chi connectivity index (χ0) is 17.0. The molecular formula is C18H21FN2O3. The van der Waals surface area contributed by atoms with Crippen molar-refractivity contribution in [2.75, 3.05) is 13.1 Å². The first-order chi connectivity index (χ1) is 11.6. The van der Waals surface area contributed by atoms with E-state index in [9.17, 15) is 14.3 Å². The summed E-state index contributed by atoms with van der Waals surface area (Å²) >= 11 is 0. The van der Waals surface area contributed by atoms with Crippen LogP contribution < -0.4 is 10.6 Å². The lowest BCUT2D eigenvalue weighted by Gasteiger charge is -2.42. The van der Waals surface area contributed by atoms with Crippen LogP contribution in [0.4, 0.5) is 9.18 Å². The third kappa shape index (κ3) is 3.59. The number of nitrogens with one attached hydrogen (secondary N) is 2. The third-order valence-electron chi connectivity index (χ3n) is 4.68. The molecule has 128 valence electrons. The Hall–Kier alpha value is -2.34. The van der Waals surface area contributed by atoms with Crippen molar-refractivity contribution in [1.29, 1.82) is 0 Å². The smallest absolute Gasteiger partial charge is 0.314 e. The van der Waals surface area contributed by atoms with Gasteiger partial charge in [-0.1, -0.05) is 18.6 Å². The Bertz CT molecular complexity index is 666. The van der Waals surface area contributed by atoms with Gasteiger partial charge in [-0.2, -0.15) is 0 Å². The minimum Gasteiger partial charge on any atom is -0.467 e. The van der Waals surface area contributed by atoms with Gasteiger partial charge in [-0.3, -0.25) is 0 Å². The SMILES string of the molecule is O=C(NCC(O)c1ccco1)NCC1(c2ccc(F)cc2)CCC1. The van der Waals surface area contributed by atoms with E-state index in [2.05, 4.69) is 10.6 Å². The molecule has 24 heavy (non-hydrogen) atoms. The van der Waals surface area contributed by atoms with Crippen LogP contribution in [0, 0.1) is 5.82 Å². The second kappa shape index (κ2) is 7.05. The third-order valence-corrected chi connectivity index (χ3v) is 4.68. The zero-order valence-electron chi connectivity index (χ0n) is 13.3. The summed E-state index contributed by atoms with van der Waals surface area (Å²) in [4.78, 5) is 12.0. The predicted octanol–water partition coefficient (Wildman–Crippen LogP) is 2.87. The molecule has 1 fully saturated rings. The van der Waals surface area contributed by atoms with Crippen LogP contribution in [0.15, 0.2) is 47.1 Å². The number of carbonyl (C=O) groups excluding carboxylic acids is 1. The van der Waals surface area contributed by atoms with Crippen molar-refractivity contribution < 1.29 is 18.7 Å². The Morgan fingerprint density at radius 1 is 1.25 bits per heavy atom. The van der Waals surface area contributed by atoms with Gasteiger partial charge in [-0.05, 0) is 42.7 Å². The highest BCUT2D eigenvalue weighted by Gasteiger charge is 2.38. The van der Waals surface area contributed by atoms with E-state index >= 15 is 0 Å². The predicted molar refractivity (Wildman–Crippen MR) is 87.0 cm³/mol. The van der Waals surface area contributed by atoms with Gasteiger partial charge >= 0.3 is 6.03 Å². The van der Waals surface area contributed by atoms with Gasteiger partial charge in [0.25, 0.3) is 0 Å². The minimum atomic E-state index is -0.875. The van der Waals surface area contributed by atoms with E-state index in [4.69, 9.17) is 4.42 Å². The Labute approximate surface area is 139 Å². The molecule has 0 spiro atoms. The van der Waals surface area contributed by atoms with Crippen molar-refractivity contribution in [3.63, 3.8) is 0 Å². The molecule has 0 radical (unpaired) electrons. The highest BCUT2D eigenvalue weighted by atomic mass is 19.1. The maximum atomic E-state index is 13.1. The van der Waals surface area contributed by atoms with Crippen molar-refractivity contribution >= 4 is 6.03 Å². The molecule has 6 heteroatoms. The first-order valence-electron chi connectivity index (χ1n) is 8.08. The number of hydrogen-bond acceptors (Lipinski definition) is 3. The number of aliphatic hydroxyl groups is 1. The van der Waals surface area contributed by atoms with Gasteiger partial charge in [-0.25, -0.2) is 9.18 Å². The van der Waals surface area contributed by atoms with E-state index in [1.165, 1.54) is 18.4 Å². The molecule has 3 rings (SSSR count). The molecular weight excluding hydrogens is 311 g/mol. The highest BCUT2D eigenvalue weighted by Crippen LogP contribution is 2.43. The molecule has 3 N–H and O–H groups in total. The van der Waals surface area contributed by atoms with E-state index in [1.807, 2.05) is 0 Å². The number of furan rings is 1. The van der Waals surface area contributed by atoms with Gasteiger partial charge < -0.3 is 20.2 Å². The molecule has 1 heterocycles. The van der Waals surface area contributed by atoms with Crippen LogP contribution in [0.25, 0.3) is 0 Å². The van der Waals surface area contributed by atoms with Gasteiger partial charge in [0.1, 0.15) is 17.7 Å². The van der Waals surface area contributed by atoms with Gasteiger partial charge in [-0.15, -0.1) is 0 Å². The van der Waals surface area contributed by atoms with Gasteiger partial charge in [0.05, 0.1) is 12.8 Å². The molecule has 1 unspecified atom stereocenters. The van der Waals surface area contributed by atoms with Crippen molar-refractivity contribution in [2.45, 2.75) is 30.8 Å². The molecule has 0 aliphatic heterocycles. The lowest BCUT2D eigenvalue weighted by Crippen LogP contribution is -2.48. The topological polar surface area (TPSA) is 74.5 Å². The second-order valence-corrected chi connectivity index (χ2v) is 6.24. The molecule has 1 aromatic carbocycles. The molecule has 2 amide bonds. The Kier molecular flexibility index (Phi) is 4.85.